The zero-order valence-electron chi connectivity index (χ0n) is 25.8. The van der Waals surface area contributed by atoms with Crippen molar-refractivity contribution in [2.45, 2.75) is 128 Å². The second-order valence-electron chi connectivity index (χ2n) is 14.5. The molecule has 2 aromatic rings. The molecule has 0 unspecified atom stereocenters. The summed E-state index contributed by atoms with van der Waals surface area (Å²) < 4.78 is 41.0. The Bertz CT molecular complexity index is 1120. The van der Waals surface area contributed by atoms with Crippen LogP contribution in [-0.4, -0.2) is 59.9 Å². The van der Waals surface area contributed by atoms with Gasteiger partial charge in [0, 0.05) is 17.3 Å². The highest BCUT2D eigenvalue weighted by Gasteiger charge is 2.77. The predicted molar refractivity (Wildman–Crippen MR) is 156 cm³/mol. The molecule has 210 valence electrons. The van der Waals surface area contributed by atoms with Gasteiger partial charge in [-0.15, -0.1) is 0 Å². The summed E-state index contributed by atoms with van der Waals surface area (Å²) in [5.41, 5.74) is -2.69. The van der Waals surface area contributed by atoms with Gasteiger partial charge in [0.1, 0.15) is 0 Å². The minimum absolute atomic E-state index is 0.388. The monoisotopic (exact) mass is 535 g/mol. The fourth-order valence-corrected chi connectivity index (χ4v) is 5.38. The van der Waals surface area contributed by atoms with Gasteiger partial charge < -0.3 is 27.9 Å². The molecule has 3 saturated heterocycles. The van der Waals surface area contributed by atoms with E-state index in [1.165, 1.54) is 0 Å². The third kappa shape index (κ3) is 4.41. The van der Waals surface area contributed by atoms with Crippen molar-refractivity contribution in [3.8, 4) is 0 Å². The molecular weight excluding hydrogens is 491 g/mol. The highest BCUT2D eigenvalue weighted by atomic mass is 16.7. The molecule has 0 bridgehead atoms. The summed E-state index contributed by atoms with van der Waals surface area (Å²) in [6, 6.07) is 10.3. The average Bonchev–Trinajstić information content (AvgIpc) is 3.26. The molecule has 3 aliphatic rings. The van der Waals surface area contributed by atoms with Crippen LogP contribution in [0.2, 0.25) is 5.11 Å². The van der Waals surface area contributed by atoms with Crippen molar-refractivity contribution in [2.75, 3.05) is 0 Å². The van der Waals surface area contributed by atoms with E-state index < -0.39 is 60.1 Å². The van der Waals surface area contributed by atoms with Crippen LogP contribution in [0.25, 0.3) is 10.8 Å². The second kappa shape index (κ2) is 8.79. The van der Waals surface area contributed by atoms with E-state index in [2.05, 4.69) is 95.2 Å². The maximum absolute atomic E-state index is 6.84. The van der Waals surface area contributed by atoms with Crippen LogP contribution in [0.3, 0.4) is 0 Å². The SMILES string of the molecule is CC1(C)OB(C(Cc2nccc3ccccc23)(B2OC(C)(C)C(C)(C)O2)B2OC(C)(C)C(C)(C)O2)OC1(C)C. The summed E-state index contributed by atoms with van der Waals surface area (Å²) in [6.07, 6.45) is 2.24. The van der Waals surface area contributed by atoms with E-state index in [1.807, 2.05) is 24.4 Å². The Morgan fingerprint density at radius 3 is 1.31 bits per heavy atom. The van der Waals surface area contributed by atoms with E-state index >= 15 is 0 Å². The Kier molecular flexibility index (Phi) is 6.56. The molecule has 7 nitrogen and oxygen atoms in total. The molecule has 5 rings (SSSR count). The third-order valence-corrected chi connectivity index (χ3v) is 10.3. The summed E-state index contributed by atoms with van der Waals surface area (Å²) in [5, 5.41) is 1.08. The lowest BCUT2D eigenvalue weighted by atomic mass is 9.23. The van der Waals surface area contributed by atoms with Gasteiger partial charge in [-0.1, -0.05) is 24.3 Å². The lowest BCUT2D eigenvalue weighted by Crippen LogP contribution is -2.60. The molecule has 10 heteroatoms. The number of hydrogen-bond acceptors (Lipinski definition) is 7. The molecule has 0 saturated carbocycles. The first kappa shape index (κ1) is 29.1. The van der Waals surface area contributed by atoms with Gasteiger partial charge in [-0.05, 0) is 101 Å². The van der Waals surface area contributed by atoms with Crippen molar-refractivity contribution in [2.24, 2.45) is 0 Å². The van der Waals surface area contributed by atoms with Crippen molar-refractivity contribution in [1.29, 1.82) is 0 Å². The van der Waals surface area contributed by atoms with Crippen LogP contribution < -0.4 is 0 Å². The number of aromatic nitrogens is 1. The standard InChI is InChI=1S/C29H44B3NO6/c1-23(2)24(3,4)35-30(34-23)29(31-36-25(5,6)26(7,8)37-31,32-38-27(9,10)28(11,12)39-32)19-22-21-16-14-13-15-20(21)17-18-33-22/h13-18H,19H2,1-12H3. The number of pyridine rings is 1. The smallest absolute Gasteiger partial charge is 0.403 e. The van der Waals surface area contributed by atoms with Crippen molar-refractivity contribution in [3.05, 3.63) is 42.2 Å². The van der Waals surface area contributed by atoms with Gasteiger partial charge in [-0.25, -0.2) is 0 Å². The van der Waals surface area contributed by atoms with Crippen molar-refractivity contribution >= 4 is 32.1 Å². The molecule has 0 aliphatic carbocycles. The van der Waals surface area contributed by atoms with E-state index in [0.717, 1.165) is 16.5 Å². The Balaban J connectivity index is 1.75. The molecule has 0 amide bonds. The van der Waals surface area contributed by atoms with Crippen LogP contribution in [0.1, 0.15) is 88.8 Å². The second-order valence-corrected chi connectivity index (χ2v) is 14.5. The van der Waals surface area contributed by atoms with Crippen LogP contribution in [0.4, 0.5) is 0 Å². The molecule has 39 heavy (non-hydrogen) atoms. The van der Waals surface area contributed by atoms with Crippen molar-refractivity contribution in [3.63, 3.8) is 0 Å². The molecule has 0 atom stereocenters. The number of rotatable bonds is 5. The first-order chi connectivity index (χ1) is 17.7. The quantitative estimate of drug-likeness (QED) is 0.444. The number of benzene rings is 1. The van der Waals surface area contributed by atoms with Gasteiger partial charge in [-0.3, -0.25) is 4.98 Å². The maximum Gasteiger partial charge on any atom is 0.460 e. The van der Waals surface area contributed by atoms with Gasteiger partial charge in [0.05, 0.1) is 38.7 Å². The fourth-order valence-electron chi connectivity index (χ4n) is 5.38. The minimum atomic E-state index is -1.07. The molecule has 1 aromatic carbocycles. The van der Waals surface area contributed by atoms with Crippen molar-refractivity contribution in [1.82, 2.24) is 4.98 Å². The minimum Gasteiger partial charge on any atom is -0.403 e. The van der Waals surface area contributed by atoms with Crippen LogP contribution in [0.15, 0.2) is 36.5 Å². The molecule has 0 radical (unpaired) electrons. The summed E-state index contributed by atoms with van der Waals surface area (Å²) >= 11 is 0. The fraction of sp³-hybridized carbons (Fsp3) is 0.690. The van der Waals surface area contributed by atoms with E-state index in [9.17, 15) is 0 Å². The predicted octanol–water partition coefficient (Wildman–Crippen LogP) is 5.87. The van der Waals surface area contributed by atoms with E-state index in [4.69, 9.17) is 32.9 Å². The highest BCUT2D eigenvalue weighted by molar-refractivity contribution is 6.89. The van der Waals surface area contributed by atoms with Crippen molar-refractivity contribution < 1.29 is 27.9 Å². The Labute approximate surface area is 235 Å². The highest BCUT2D eigenvalue weighted by Crippen LogP contribution is 2.57. The molecule has 1 aromatic heterocycles. The van der Waals surface area contributed by atoms with Gasteiger partial charge in [0.25, 0.3) is 0 Å². The maximum atomic E-state index is 6.84. The third-order valence-electron chi connectivity index (χ3n) is 10.3. The molecule has 0 N–H and O–H groups in total. The first-order valence-corrected chi connectivity index (χ1v) is 14.1. The number of nitrogens with zero attached hydrogens (tertiary/aromatic N) is 1. The normalized spacial score (nSPS) is 26.5. The van der Waals surface area contributed by atoms with Gasteiger partial charge in [0.2, 0.25) is 0 Å². The summed E-state index contributed by atoms with van der Waals surface area (Å²) in [5.74, 6) is 0. The van der Waals surface area contributed by atoms with E-state index in [-0.39, 0.29) is 0 Å². The summed E-state index contributed by atoms with van der Waals surface area (Å²) in [4.78, 5) is 4.89. The van der Waals surface area contributed by atoms with Crippen LogP contribution >= 0.6 is 0 Å². The summed E-state index contributed by atoms with van der Waals surface area (Å²) in [6.45, 7) is 24.7. The molecular formula is C29H44B3NO6. The Morgan fingerprint density at radius 2 is 0.923 bits per heavy atom. The summed E-state index contributed by atoms with van der Waals surface area (Å²) in [7, 11) is -2.31. The number of fused-ring (bicyclic) bond motifs is 1. The lowest BCUT2D eigenvalue weighted by Gasteiger charge is -2.38. The number of hydrogen-bond donors (Lipinski definition) is 0. The zero-order valence-corrected chi connectivity index (χ0v) is 25.8. The van der Waals surface area contributed by atoms with E-state index in [1.54, 1.807) is 0 Å². The Hall–Kier alpha value is -1.42. The topological polar surface area (TPSA) is 68.3 Å². The van der Waals surface area contributed by atoms with Gasteiger partial charge >= 0.3 is 21.4 Å². The van der Waals surface area contributed by atoms with Crippen LogP contribution in [0, 0.1) is 0 Å². The molecule has 3 fully saturated rings. The molecule has 3 aliphatic heterocycles. The largest absolute Gasteiger partial charge is 0.460 e. The van der Waals surface area contributed by atoms with Crippen LogP contribution in [0.5, 0.6) is 0 Å². The first-order valence-electron chi connectivity index (χ1n) is 14.1. The van der Waals surface area contributed by atoms with Gasteiger partial charge in [-0.2, -0.15) is 0 Å². The van der Waals surface area contributed by atoms with Crippen LogP contribution in [-0.2, 0) is 34.3 Å². The van der Waals surface area contributed by atoms with Gasteiger partial charge in [0.15, 0.2) is 0 Å². The molecule has 0 spiro atoms. The lowest BCUT2D eigenvalue weighted by molar-refractivity contribution is 0.00578. The average molecular weight is 535 g/mol. The zero-order chi connectivity index (χ0) is 28.9. The van der Waals surface area contributed by atoms with E-state index in [0.29, 0.717) is 6.42 Å². The molecule has 4 heterocycles. The Morgan fingerprint density at radius 1 is 0.564 bits per heavy atom.